The number of alkyl carbamates (subject to hydrolysis) is 2. The summed E-state index contributed by atoms with van der Waals surface area (Å²) in [5.41, 5.74) is 0. The minimum absolute atomic E-state index is 0.0713. The van der Waals surface area contributed by atoms with E-state index in [-0.39, 0.29) is 25.1 Å². The van der Waals surface area contributed by atoms with E-state index in [0.29, 0.717) is 31.1 Å². The Bertz CT molecular complexity index is 842. The van der Waals surface area contributed by atoms with Gasteiger partial charge in [0.25, 0.3) is 0 Å². The zero-order chi connectivity index (χ0) is 30.1. The summed E-state index contributed by atoms with van der Waals surface area (Å²) in [6, 6.07) is 0.0260. The molecule has 13 heteroatoms. The molecule has 2 N–H and O–H groups in total. The van der Waals surface area contributed by atoms with Crippen molar-refractivity contribution in [3.05, 3.63) is 12.7 Å². The average Bonchev–Trinajstić information content (AvgIpc) is 2.96. The first-order chi connectivity index (χ1) is 19.6. The Morgan fingerprint density at radius 3 is 1.90 bits per heavy atom. The zero-order valence-electron chi connectivity index (χ0n) is 23.8. The van der Waals surface area contributed by atoms with E-state index in [4.69, 9.17) is 9.47 Å². The van der Waals surface area contributed by atoms with Gasteiger partial charge in [-0.3, -0.25) is 4.79 Å². The molecular weight excluding hydrogens is 546 g/mol. The van der Waals surface area contributed by atoms with Crippen molar-refractivity contribution in [2.24, 2.45) is 11.8 Å². The Kier molecular flexibility index (Phi) is 15.4. The van der Waals surface area contributed by atoms with Crippen LogP contribution in [0, 0.1) is 11.8 Å². The maximum absolute atomic E-state index is 13.0. The highest BCUT2D eigenvalue weighted by molar-refractivity contribution is 5.81. The van der Waals surface area contributed by atoms with Crippen LogP contribution in [0.3, 0.4) is 0 Å². The molecule has 41 heavy (non-hydrogen) atoms. The Morgan fingerprint density at radius 1 is 0.805 bits per heavy atom. The number of nitrogens with one attached hydrogen (secondary N) is 2. The summed E-state index contributed by atoms with van der Waals surface area (Å²) in [6.07, 6.45) is 6.80. The van der Waals surface area contributed by atoms with Crippen molar-refractivity contribution in [2.75, 3.05) is 27.1 Å². The van der Waals surface area contributed by atoms with E-state index >= 15 is 0 Å². The number of carbonyl (C=O) groups excluding carboxylic acids is 4. The van der Waals surface area contributed by atoms with E-state index in [2.05, 4.69) is 31.4 Å². The second-order valence-corrected chi connectivity index (χ2v) is 10.6. The molecule has 2 rings (SSSR count). The molecule has 2 aliphatic carbocycles. The van der Waals surface area contributed by atoms with Crippen LogP contribution >= 0.6 is 0 Å². The molecule has 0 spiro atoms. The molecular formula is C28H44F2N2O9. The topological polar surface area (TPSA) is 138 Å². The second-order valence-electron chi connectivity index (χ2n) is 10.6. The number of unbranched alkanes of at least 4 members (excludes halogenated alkanes) is 2. The number of esters is 2. The Labute approximate surface area is 240 Å². The molecule has 0 bridgehead atoms. The molecule has 0 aliphatic heterocycles. The lowest BCUT2D eigenvalue weighted by Gasteiger charge is -2.34. The predicted octanol–water partition coefficient (Wildman–Crippen LogP) is 4.98. The number of alkyl halides is 2. The van der Waals surface area contributed by atoms with Gasteiger partial charge in [0.05, 0.1) is 6.61 Å². The lowest BCUT2D eigenvalue weighted by molar-refractivity contribution is -0.241. The molecule has 0 saturated heterocycles. The van der Waals surface area contributed by atoms with Gasteiger partial charge in [-0.15, -0.1) is 0 Å². The Hall–Kier alpha value is -2.96. The number of hydrogen-bond acceptors (Lipinski definition) is 9. The molecule has 0 atom stereocenters. The van der Waals surface area contributed by atoms with Crippen LogP contribution in [0.25, 0.3) is 0 Å². The standard InChI is InChI=1S/C28H44F2N2O9/c1-3-24(33)40-19-41-25(34)7-5-4-6-16-38-26(35)31-22-12-8-20(9-13-22)17-21-10-14-23(15-11-21)32-27(36)39-18-28(29,30)37-2/h3,20-23H,1,4-19H2,2H3,(H,31,35)(H,32,36). The molecule has 2 saturated carbocycles. The molecule has 0 aromatic rings. The van der Waals surface area contributed by atoms with Crippen LogP contribution in [-0.4, -0.2) is 69.4 Å². The number of ether oxygens (including phenoxy) is 5. The van der Waals surface area contributed by atoms with Gasteiger partial charge in [0.15, 0.2) is 6.61 Å². The highest BCUT2D eigenvalue weighted by atomic mass is 19.3. The summed E-state index contributed by atoms with van der Waals surface area (Å²) in [5, 5.41) is 5.61. The molecule has 2 fully saturated rings. The van der Waals surface area contributed by atoms with Gasteiger partial charge in [-0.05, 0) is 88.9 Å². The average molecular weight is 591 g/mol. The summed E-state index contributed by atoms with van der Waals surface area (Å²) < 4.78 is 49.2. The highest BCUT2D eigenvalue weighted by Gasteiger charge is 2.32. The third-order valence-electron chi connectivity index (χ3n) is 7.52. The summed E-state index contributed by atoms with van der Waals surface area (Å²) in [4.78, 5) is 46.3. The number of carbonyl (C=O) groups is 4. The van der Waals surface area contributed by atoms with Crippen molar-refractivity contribution in [1.29, 1.82) is 0 Å². The Morgan fingerprint density at radius 2 is 1.37 bits per heavy atom. The quantitative estimate of drug-likeness (QED) is 0.0838. The summed E-state index contributed by atoms with van der Waals surface area (Å²) in [7, 11) is 0.854. The smallest absolute Gasteiger partial charge is 0.407 e. The molecule has 0 unspecified atom stereocenters. The van der Waals surface area contributed by atoms with Crippen LogP contribution in [0.1, 0.15) is 83.5 Å². The first-order valence-corrected chi connectivity index (χ1v) is 14.3. The fourth-order valence-electron chi connectivity index (χ4n) is 5.18. The van der Waals surface area contributed by atoms with Gasteiger partial charge in [-0.25, -0.2) is 14.4 Å². The molecule has 2 amide bonds. The van der Waals surface area contributed by atoms with Crippen molar-refractivity contribution in [1.82, 2.24) is 10.6 Å². The molecule has 0 radical (unpaired) electrons. The van der Waals surface area contributed by atoms with Crippen LogP contribution in [0.2, 0.25) is 0 Å². The first-order valence-electron chi connectivity index (χ1n) is 14.3. The predicted molar refractivity (Wildman–Crippen MR) is 143 cm³/mol. The SMILES string of the molecule is C=CC(=O)OCOC(=O)CCCCCOC(=O)NC1CCC(CC2CCC(NC(=O)OCC(F)(F)OC)CC2)CC1. The van der Waals surface area contributed by atoms with Crippen LogP contribution in [-0.2, 0) is 33.3 Å². The third-order valence-corrected chi connectivity index (χ3v) is 7.52. The van der Waals surface area contributed by atoms with E-state index in [9.17, 15) is 28.0 Å². The fourth-order valence-corrected chi connectivity index (χ4v) is 5.18. The number of halogens is 2. The van der Waals surface area contributed by atoms with Gasteiger partial charge < -0.3 is 34.3 Å². The van der Waals surface area contributed by atoms with E-state index < -0.39 is 43.6 Å². The van der Waals surface area contributed by atoms with Crippen LogP contribution in [0.4, 0.5) is 18.4 Å². The molecule has 234 valence electrons. The summed E-state index contributed by atoms with van der Waals surface area (Å²) >= 11 is 0. The molecule has 0 heterocycles. The van der Waals surface area contributed by atoms with Crippen molar-refractivity contribution < 1.29 is 51.6 Å². The number of hydrogen-bond donors (Lipinski definition) is 2. The van der Waals surface area contributed by atoms with Gasteiger partial charge in [0.2, 0.25) is 6.79 Å². The highest BCUT2D eigenvalue weighted by Crippen LogP contribution is 2.35. The van der Waals surface area contributed by atoms with E-state index in [1.807, 2.05) is 0 Å². The maximum Gasteiger partial charge on any atom is 0.407 e. The van der Waals surface area contributed by atoms with E-state index in [1.165, 1.54) is 0 Å². The summed E-state index contributed by atoms with van der Waals surface area (Å²) in [6.45, 7) is 1.96. The van der Waals surface area contributed by atoms with Crippen LogP contribution < -0.4 is 10.6 Å². The van der Waals surface area contributed by atoms with Crippen LogP contribution in [0.5, 0.6) is 0 Å². The largest absolute Gasteiger partial charge is 0.450 e. The maximum atomic E-state index is 13.0. The van der Waals surface area contributed by atoms with Crippen molar-refractivity contribution in [3.63, 3.8) is 0 Å². The van der Waals surface area contributed by atoms with Gasteiger partial charge in [-0.2, -0.15) is 8.78 Å². The normalized spacial score (nSPS) is 22.6. The van der Waals surface area contributed by atoms with Gasteiger partial charge in [-0.1, -0.05) is 6.58 Å². The summed E-state index contributed by atoms with van der Waals surface area (Å²) in [5.74, 6) is 0.0413. The van der Waals surface area contributed by atoms with Gasteiger partial charge in [0, 0.05) is 31.7 Å². The van der Waals surface area contributed by atoms with Crippen LogP contribution in [0.15, 0.2) is 12.7 Å². The van der Waals surface area contributed by atoms with Crippen molar-refractivity contribution >= 4 is 24.1 Å². The van der Waals surface area contributed by atoms with E-state index in [1.54, 1.807) is 0 Å². The molecule has 11 nitrogen and oxygen atoms in total. The number of methoxy groups -OCH3 is 1. The second kappa shape index (κ2) is 18.5. The third kappa shape index (κ3) is 15.0. The molecule has 2 aliphatic rings. The van der Waals surface area contributed by atoms with Gasteiger partial charge >= 0.3 is 30.2 Å². The minimum atomic E-state index is -3.49. The monoisotopic (exact) mass is 590 g/mol. The number of amides is 2. The Balaban J connectivity index is 1.47. The first kappa shape index (κ1) is 34.2. The van der Waals surface area contributed by atoms with Crippen molar-refractivity contribution in [2.45, 2.75) is 102 Å². The van der Waals surface area contributed by atoms with E-state index in [0.717, 1.165) is 71.0 Å². The number of rotatable bonds is 16. The fraction of sp³-hybridized carbons (Fsp3) is 0.786. The lowest BCUT2D eigenvalue weighted by Crippen LogP contribution is -2.40. The zero-order valence-corrected chi connectivity index (χ0v) is 23.8. The lowest BCUT2D eigenvalue weighted by atomic mass is 9.76. The molecule has 0 aromatic heterocycles. The van der Waals surface area contributed by atoms with Gasteiger partial charge in [0.1, 0.15) is 0 Å². The minimum Gasteiger partial charge on any atom is -0.450 e. The molecule has 0 aromatic carbocycles. The van der Waals surface area contributed by atoms with Crippen molar-refractivity contribution in [3.8, 4) is 0 Å².